The average molecular weight is 241 g/mol. The smallest absolute Gasteiger partial charge is 0.328 e. The number of nitrogens with zero attached hydrogens (tertiary/aromatic N) is 2. The molecule has 1 heterocycles. The number of nitro groups is 1. The van der Waals surface area contributed by atoms with Crippen LogP contribution < -0.4 is 5.32 Å². The molecule has 0 aliphatic heterocycles. The Bertz CT molecular complexity index is 406. The summed E-state index contributed by atoms with van der Waals surface area (Å²) >= 11 is 0. The Morgan fingerprint density at radius 1 is 1.71 bits per heavy atom. The quantitative estimate of drug-likeness (QED) is 0.550. The van der Waals surface area contributed by atoms with Gasteiger partial charge in [-0.15, -0.1) is 0 Å². The Morgan fingerprint density at radius 3 is 2.82 bits per heavy atom. The topological polar surface area (TPSA) is 115 Å². The maximum Gasteiger partial charge on any atom is 0.328 e. The van der Waals surface area contributed by atoms with Gasteiger partial charge < -0.3 is 15.2 Å². The summed E-state index contributed by atoms with van der Waals surface area (Å²) in [6, 6.07) is 1.62. The Morgan fingerprint density at radius 2 is 2.41 bits per heavy atom. The highest BCUT2D eigenvalue weighted by atomic mass is 16.6. The van der Waals surface area contributed by atoms with Gasteiger partial charge in [-0.2, -0.15) is 0 Å². The molecule has 1 aromatic heterocycles. The molecule has 0 spiro atoms. The SMILES string of the molecule is COCC(Nc1ccc([N+](=O)[O-])cn1)C(=O)O. The van der Waals surface area contributed by atoms with Gasteiger partial charge in [-0.25, -0.2) is 9.78 Å². The molecule has 0 fully saturated rings. The van der Waals surface area contributed by atoms with E-state index in [0.29, 0.717) is 0 Å². The summed E-state index contributed by atoms with van der Waals surface area (Å²) in [5.74, 6) is -0.855. The van der Waals surface area contributed by atoms with Crippen LogP contribution in [0, 0.1) is 10.1 Å². The summed E-state index contributed by atoms with van der Waals surface area (Å²) in [6.45, 7) is -0.0337. The van der Waals surface area contributed by atoms with Crippen LogP contribution >= 0.6 is 0 Å². The Balaban J connectivity index is 2.73. The van der Waals surface area contributed by atoms with Gasteiger partial charge in [-0.3, -0.25) is 10.1 Å². The van der Waals surface area contributed by atoms with Gasteiger partial charge in [0.2, 0.25) is 0 Å². The first kappa shape index (κ1) is 12.8. The highest BCUT2D eigenvalue weighted by Gasteiger charge is 2.17. The second-order valence-electron chi connectivity index (χ2n) is 3.15. The lowest BCUT2D eigenvalue weighted by Gasteiger charge is -2.13. The van der Waals surface area contributed by atoms with E-state index >= 15 is 0 Å². The molecule has 0 radical (unpaired) electrons. The number of methoxy groups -OCH3 is 1. The van der Waals surface area contributed by atoms with Crippen LogP contribution in [0.5, 0.6) is 0 Å². The van der Waals surface area contributed by atoms with Crippen molar-refractivity contribution in [3.05, 3.63) is 28.4 Å². The number of carbonyl (C=O) groups is 1. The maximum atomic E-state index is 10.8. The minimum Gasteiger partial charge on any atom is -0.480 e. The second kappa shape index (κ2) is 5.75. The van der Waals surface area contributed by atoms with Crippen molar-refractivity contribution in [3.8, 4) is 0 Å². The number of rotatable bonds is 6. The average Bonchev–Trinajstić information content (AvgIpc) is 2.29. The van der Waals surface area contributed by atoms with E-state index in [2.05, 4.69) is 10.3 Å². The Labute approximate surface area is 96.4 Å². The zero-order valence-electron chi connectivity index (χ0n) is 8.99. The molecule has 1 rings (SSSR count). The fourth-order valence-corrected chi connectivity index (χ4v) is 1.10. The number of nitrogens with one attached hydrogen (secondary N) is 1. The molecular weight excluding hydrogens is 230 g/mol. The molecule has 0 amide bonds. The molecule has 0 saturated carbocycles. The number of ether oxygens (including phenoxy) is 1. The molecule has 0 saturated heterocycles. The van der Waals surface area contributed by atoms with E-state index in [1.54, 1.807) is 0 Å². The van der Waals surface area contributed by atoms with Crippen LogP contribution in [-0.4, -0.2) is 40.7 Å². The molecule has 1 aromatic rings. The fourth-order valence-electron chi connectivity index (χ4n) is 1.10. The Kier molecular flexibility index (Phi) is 4.35. The zero-order valence-corrected chi connectivity index (χ0v) is 8.99. The predicted octanol–water partition coefficient (Wildman–Crippen LogP) is 0.501. The van der Waals surface area contributed by atoms with Crippen molar-refractivity contribution in [1.82, 2.24) is 4.98 Å². The van der Waals surface area contributed by atoms with E-state index in [0.717, 1.165) is 6.20 Å². The first-order chi connectivity index (χ1) is 8.04. The third kappa shape index (κ3) is 3.68. The standard InChI is InChI=1S/C9H11N3O5/c1-17-5-7(9(13)14)11-8-3-2-6(4-10-8)12(15)16/h2-4,7H,5H2,1H3,(H,10,11)(H,13,14). The molecule has 0 aliphatic rings. The fraction of sp³-hybridized carbons (Fsp3) is 0.333. The van der Waals surface area contributed by atoms with Crippen molar-refractivity contribution in [2.24, 2.45) is 0 Å². The summed E-state index contributed by atoms with van der Waals surface area (Å²) in [6.07, 6.45) is 1.05. The first-order valence-corrected chi connectivity index (χ1v) is 4.63. The van der Waals surface area contributed by atoms with Crippen molar-refractivity contribution in [3.63, 3.8) is 0 Å². The lowest BCUT2D eigenvalue weighted by molar-refractivity contribution is -0.385. The first-order valence-electron chi connectivity index (χ1n) is 4.63. The molecule has 1 unspecified atom stereocenters. The van der Waals surface area contributed by atoms with Crippen LogP contribution in [0.25, 0.3) is 0 Å². The van der Waals surface area contributed by atoms with Gasteiger partial charge in [0.05, 0.1) is 11.5 Å². The molecule has 1 atom stereocenters. The van der Waals surface area contributed by atoms with E-state index in [-0.39, 0.29) is 18.1 Å². The van der Waals surface area contributed by atoms with Gasteiger partial charge >= 0.3 is 5.97 Å². The summed E-state index contributed by atoms with van der Waals surface area (Å²) in [7, 11) is 1.38. The molecule has 0 bridgehead atoms. The molecule has 8 nitrogen and oxygen atoms in total. The van der Waals surface area contributed by atoms with E-state index in [1.165, 1.54) is 19.2 Å². The third-order valence-corrected chi connectivity index (χ3v) is 1.91. The number of carboxylic acid groups (broad SMARTS) is 1. The number of carboxylic acids is 1. The molecule has 17 heavy (non-hydrogen) atoms. The van der Waals surface area contributed by atoms with Crippen LogP contribution in [0.1, 0.15) is 0 Å². The van der Waals surface area contributed by atoms with Crippen LogP contribution in [0.15, 0.2) is 18.3 Å². The minimum atomic E-state index is -1.09. The van der Waals surface area contributed by atoms with Crippen LogP contribution in [-0.2, 0) is 9.53 Å². The van der Waals surface area contributed by atoms with E-state index < -0.39 is 16.9 Å². The zero-order chi connectivity index (χ0) is 12.8. The number of pyridine rings is 1. The maximum absolute atomic E-state index is 10.8. The van der Waals surface area contributed by atoms with Crippen LogP contribution in [0.2, 0.25) is 0 Å². The molecule has 2 N–H and O–H groups in total. The Hall–Kier alpha value is -2.22. The van der Waals surface area contributed by atoms with Gasteiger partial charge in [0, 0.05) is 13.2 Å². The largest absolute Gasteiger partial charge is 0.480 e. The lowest BCUT2D eigenvalue weighted by Crippen LogP contribution is -2.33. The van der Waals surface area contributed by atoms with E-state index in [1.807, 2.05) is 0 Å². The number of aromatic nitrogens is 1. The van der Waals surface area contributed by atoms with Gasteiger partial charge in [-0.05, 0) is 6.07 Å². The molecular formula is C9H11N3O5. The van der Waals surface area contributed by atoms with Crippen LogP contribution in [0.3, 0.4) is 0 Å². The van der Waals surface area contributed by atoms with E-state index in [4.69, 9.17) is 9.84 Å². The van der Waals surface area contributed by atoms with Crippen molar-refractivity contribution < 1.29 is 19.6 Å². The molecule has 8 heteroatoms. The molecule has 0 aliphatic carbocycles. The highest BCUT2D eigenvalue weighted by molar-refractivity contribution is 5.77. The van der Waals surface area contributed by atoms with Gasteiger partial charge in [0.15, 0.2) is 0 Å². The predicted molar refractivity (Wildman–Crippen MR) is 57.8 cm³/mol. The van der Waals surface area contributed by atoms with Gasteiger partial charge in [0.25, 0.3) is 5.69 Å². The van der Waals surface area contributed by atoms with Crippen molar-refractivity contribution in [2.75, 3.05) is 19.0 Å². The number of aliphatic carboxylic acids is 1. The molecule has 0 aromatic carbocycles. The lowest BCUT2D eigenvalue weighted by atomic mass is 10.3. The van der Waals surface area contributed by atoms with Crippen molar-refractivity contribution in [2.45, 2.75) is 6.04 Å². The number of hydrogen-bond acceptors (Lipinski definition) is 6. The number of anilines is 1. The van der Waals surface area contributed by atoms with Gasteiger partial charge in [0.1, 0.15) is 18.1 Å². The minimum absolute atomic E-state index is 0.0337. The summed E-state index contributed by atoms with van der Waals surface area (Å²) < 4.78 is 4.72. The monoisotopic (exact) mass is 241 g/mol. The summed E-state index contributed by atoms with van der Waals surface area (Å²) in [5, 5.41) is 21.8. The molecule has 92 valence electrons. The summed E-state index contributed by atoms with van der Waals surface area (Å²) in [4.78, 5) is 24.3. The normalized spacial score (nSPS) is 11.8. The summed E-state index contributed by atoms with van der Waals surface area (Å²) in [5.41, 5.74) is -0.158. The van der Waals surface area contributed by atoms with Crippen molar-refractivity contribution in [1.29, 1.82) is 0 Å². The van der Waals surface area contributed by atoms with Gasteiger partial charge in [-0.1, -0.05) is 0 Å². The highest BCUT2D eigenvalue weighted by Crippen LogP contribution is 2.12. The number of hydrogen-bond donors (Lipinski definition) is 2. The van der Waals surface area contributed by atoms with E-state index in [9.17, 15) is 14.9 Å². The second-order valence-corrected chi connectivity index (χ2v) is 3.15. The third-order valence-electron chi connectivity index (χ3n) is 1.91. The van der Waals surface area contributed by atoms with Crippen molar-refractivity contribution >= 4 is 17.5 Å². The van der Waals surface area contributed by atoms with Crippen LogP contribution in [0.4, 0.5) is 11.5 Å².